The summed E-state index contributed by atoms with van der Waals surface area (Å²) in [4.78, 5) is 13.9. The molecular weight excluding hydrogens is 675 g/mol. The Hall–Kier alpha value is -3.15. The van der Waals surface area contributed by atoms with Crippen LogP contribution in [0.2, 0.25) is 36.3 Å². The highest BCUT2D eigenvalue weighted by molar-refractivity contribution is 7.92. The van der Waals surface area contributed by atoms with Crippen LogP contribution >= 0.6 is 0 Å². The van der Waals surface area contributed by atoms with Crippen LogP contribution < -0.4 is 9.46 Å². The minimum absolute atomic E-state index is 0.000656. The van der Waals surface area contributed by atoms with Gasteiger partial charge in [-0.3, -0.25) is 4.57 Å². The number of anilines is 1. The third kappa shape index (κ3) is 8.43. The van der Waals surface area contributed by atoms with E-state index in [9.17, 15) is 8.42 Å². The van der Waals surface area contributed by atoms with Crippen LogP contribution in [0.1, 0.15) is 59.8 Å². The molecule has 49 heavy (non-hydrogen) atoms. The van der Waals surface area contributed by atoms with Crippen molar-refractivity contribution in [1.29, 1.82) is 0 Å². The molecule has 4 aromatic rings. The molecule has 3 heterocycles. The number of benzene rings is 2. The van der Waals surface area contributed by atoms with Crippen molar-refractivity contribution in [2.24, 2.45) is 0 Å². The fourth-order valence-electron chi connectivity index (χ4n) is 4.96. The lowest BCUT2D eigenvalue weighted by molar-refractivity contribution is -0.0383. The van der Waals surface area contributed by atoms with Crippen molar-refractivity contribution in [3.05, 3.63) is 72.6 Å². The van der Waals surface area contributed by atoms with Gasteiger partial charge in [-0.1, -0.05) is 90.1 Å². The predicted molar refractivity (Wildman–Crippen MR) is 197 cm³/mol. The largest absolute Gasteiger partial charge is 0.471 e. The zero-order valence-corrected chi connectivity index (χ0v) is 33.2. The van der Waals surface area contributed by atoms with Gasteiger partial charge in [-0.2, -0.15) is 9.97 Å². The summed E-state index contributed by atoms with van der Waals surface area (Å²) in [6.07, 6.45) is 1.15. The molecule has 0 saturated carbocycles. The van der Waals surface area contributed by atoms with Gasteiger partial charge < -0.3 is 18.3 Å². The van der Waals surface area contributed by atoms with Gasteiger partial charge >= 0.3 is 0 Å². The number of hydrogen-bond acceptors (Lipinski definition) is 9. The number of hydrogen-bond donors (Lipinski definition) is 1. The molecule has 0 aliphatic carbocycles. The second-order valence-electron chi connectivity index (χ2n) is 15.7. The molecule has 11 nitrogen and oxygen atoms in total. The fraction of sp³-hybridized carbons (Fsp3) is 0.514. The highest BCUT2D eigenvalue weighted by Gasteiger charge is 2.47. The van der Waals surface area contributed by atoms with Crippen LogP contribution in [-0.4, -0.2) is 63.4 Å². The van der Waals surface area contributed by atoms with E-state index < -0.39 is 32.9 Å². The monoisotopic (exact) mass is 725 g/mol. The van der Waals surface area contributed by atoms with E-state index >= 15 is 0 Å². The van der Waals surface area contributed by atoms with Crippen LogP contribution in [-0.2, 0) is 30.2 Å². The molecule has 14 heteroatoms. The molecule has 266 valence electrons. The average molecular weight is 726 g/mol. The van der Waals surface area contributed by atoms with Crippen LogP contribution in [0.15, 0.2) is 71.9 Å². The summed E-state index contributed by atoms with van der Waals surface area (Å²) in [5.74, 6) is 0.0225. The molecule has 2 aromatic carbocycles. The highest BCUT2D eigenvalue weighted by Crippen LogP contribution is 2.43. The molecule has 1 N–H and O–H groups in total. The molecule has 3 unspecified atom stereocenters. The maximum atomic E-state index is 13.3. The molecule has 5 rings (SSSR count). The number of ether oxygens (including phenoxy) is 2. The van der Waals surface area contributed by atoms with Gasteiger partial charge in [0, 0.05) is 6.42 Å². The number of fused-ring (bicyclic) bond motifs is 1. The maximum absolute atomic E-state index is 13.3. The van der Waals surface area contributed by atoms with Gasteiger partial charge in [-0.15, -0.1) is 0 Å². The first-order valence-corrected chi connectivity index (χ1v) is 24.0. The van der Waals surface area contributed by atoms with Gasteiger partial charge in [0.2, 0.25) is 11.8 Å². The molecule has 0 spiro atoms. The lowest BCUT2D eigenvalue weighted by Crippen LogP contribution is -2.48. The van der Waals surface area contributed by atoms with Gasteiger partial charge in [-0.05, 0) is 54.0 Å². The van der Waals surface area contributed by atoms with E-state index in [1.165, 1.54) is 12.1 Å². The summed E-state index contributed by atoms with van der Waals surface area (Å²) in [6, 6.07) is 17.8. The summed E-state index contributed by atoms with van der Waals surface area (Å²) < 4.78 is 57.6. The fourth-order valence-corrected chi connectivity index (χ4v) is 8.30. The van der Waals surface area contributed by atoms with Crippen molar-refractivity contribution in [3.8, 4) is 5.88 Å². The predicted octanol–water partition coefficient (Wildman–Crippen LogP) is 7.91. The third-order valence-electron chi connectivity index (χ3n) is 10.0. The number of rotatable bonds is 12. The van der Waals surface area contributed by atoms with E-state index in [-0.39, 0.29) is 45.6 Å². The number of nitrogens with zero attached hydrogens (tertiary/aromatic N) is 4. The molecule has 3 atom stereocenters. The van der Waals surface area contributed by atoms with E-state index in [1.807, 2.05) is 34.9 Å². The Kier molecular flexibility index (Phi) is 10.5. The maximum Gasteiger partial charge on any atom is 0.264 e. The molecule has 1 fully saturated rings. The smallest absolute Gasteiger partial charge is 0.264 e. The first-order chi connectivity index (χ1) is 22.8. The normalized spacial score (nSPS) is 19.3. The van der Waals surface area contributed by atoms with E-state index in [4.69, 9.17) is 18.3 Å². The second kappa shape index (κ2) is 13.9. The van der Waals surface area contributed by atoms with Crippen LogP contribution in [0.25, 0.3) is 11.2 Å². The standard InChI is InChI=1S/C35H51N5O6SSi2/c1-34(2,3)48(7,8)44-23-28-27(46-49(9,10)35(4,5)6)21-29(45-28)40-24-36-30-31(40)37-33(39-47(41,42)26-19-15-12-16-20-26)38-32(30)43-22-25-17-13-11-14-18-25/h11-20,24,27-29H,21-23H2,1-10H3,(H,37,38,39). The minimum atomic E-state index is -3.99. The first-order valence-electron chi connectivity index (χ1n) is 16.7. The second-order valence-corrected chi connectivity index (χ2v) is 27.0. The van der Waals surface area contributed by atoms with Gasteiger partial charge in [0.15, 0.2) is 27.8 Å². The van der Waals surface area contributed by atoms with Crippen LogP contribution in [0.3, 0.4) is 0 Å². The molecule has 2 aromatic heterocycles. The summed E-state index contributed by atoms with van der Waals surface area (Å²) in [6.45, 7) is 22.9. The zero-order chi connectivity index (χ0) is 35.8. The van der Waals surface area contributed by atoms with E-state index in [2.05, 4.69) is 87.4 Å². The lowest BCUT2D eigenvalue weighted by Gasteiger charge is -2.40. The summed E-state index contributed by atoms with van der Waals surface area (Å²) >= 11 is 0. The van der Waals surface area contributed by atoms with Gasteiger partial charge in [0.05, 0.1) is 23.9 Å². The van der Waals surface area contributed by atoms with Crippen molar-refractivity contribution in [2.75, 3.05) is 11.3 Å². The molecule has 1 saturated heterocycles. The molecule has 0 amide bonds. The summed E-state index contributed by atoms with van der Waals surface area (Å²) in [5, 5.41) is 0.0402. The topological polar surface area (TPSA) is 127 Å². The van der Waals surface area contributed by atoms with E-state index in [0.717, 1.165) is 5.56 Å². The zero-order valence-electron chi connectivity index (χ0n) is 30.4. The SMILES string of the molecule is CC(C)(C)[Si](C)(C)OCC1OC(n2cnc3c(OCc4ccccc4)nc(NS(=O)(=O)c4ccccc4)nc32)CC1O[Si](C)(C)C(C)(C)C. The molecule has 0 bridgehead atoms. The van der Waals surface area contributed by atoms with Crippen LogP contribution in [0.4, 0.5) is 5.95 Å². The van der Waals surface area contributed by atoms with E-state index in [0.29, 0.717) is 24.2 Å². The molecule has 1 aliphatic heterocycles. The van der Waals surface area contributed by atoms with Gasteiger partial charge in [-0.25, -0.2) is 18.1 Å². The summed E-state index contributed by atoms with van der Waals surface area (Å²) in [7, 11) is -8.25. The minimum Gasteiger partial charge on any atom is -0.471 e. The highest BCUT2D eigenvalue weighted by atomic mass is 32.2. The Bertz CT molecular complexity index is 1840. The third-order valence-corrected chi connectivity index (χ3v) is 20.4. The van der Waals surface area contributed by atoms with E-state index in [1.54, 1.807) is 24.5 Å². The number of aromatic nitrogens is 4. The number of imidazole rings is 1. The van der Waals surface area contributed by atoms with Crippen molar-refractivity contribution >= 4 is 43.8 Å². The molecule has 1 aliphatic rings. The van der Waals surface area contributed by atoms with Crippen LogP contribution in [0, 0.1) is 0 Å². The number of sulfonamides is 1. The Morgan fingerprint density at radius 3 is 2.12 bits per heavy atom. The quantitative estimate of drug-likeness (QED) is 0.145. The van der Waals surface area contributed by atoms with Crippen molar-refractivity contribution in [2.45, 2.75) is 114 Å². The lowest BCUT2D eigenvalue weighted by atomic mass is 10.2. The van der Waals surface area contributed by atoms with Gasteiger partial charge in [0.1, 0.15) is 18.9 Å². The van der Waals surface area contributed by atoms with Crippen molar-refractivity contribution in [3.63, 3.8) is 0 Å². The van der Waals surface area contributed by atoms with Crippen molar-refractivity contribution < 1.29 is 26.7 Å². The van der Waals surface area contributed by atoms with Gasteiger partial charge in [0.25, 0.3) is 10.0 Å². The summed E-state index contributed by atoms with van der Waals surface area (Å²) in [5.41, 5.74) is 1.70. The first kappa shape index (κ1) is 37.1. The Balaban J connectivity index is 1.51. The Morgan fingerprint density at radius 1 is 0.898 bits per heavy atom. The van der Waals surface area contributed by atoms with Crippen LogP contribution in [0.5, 0.6) is 5.88 Å². The molecular formula is C35H51N5O6SSi2. The number of nitrogens with one attached hydrogen (secondary N) is 1. The molecule has 0 radical (unpaired) electrons. The Morgan fingerprint density at radius 2 is 1.51 bits per heavy atom. The average Bonchev–Trinajstić information content (AvgIpc) is 3.62. The van der Waals surface area contributed by atoms with Crippen molar-refractivity contribution in [1.82, 2.24) is 19.5 Å². The Labute approximate surface area is 293 Å².